The minimum atomic E-state index is -3.59. The van der Waals surface area contributed by atoms with Crippen molar-refractivity contribution < 1.29 is 8.42 Å². The van der Waals surface area contributed by atoms with Crippen LogP contribution in [0.25, 0.3) is 0 Å². The largest absolute Gasteiger partial charge is 0.359 e. The van der Waals surface area contributed by atoms with E-state index < -0.39 is 10.0 Å². The van der Waals surface area contributed by atoms with Crippen LogP contribution in [0.15, 0.2) is 29.2 Å². The maximum Gasteiger partial charge on any atom is 0.263 e. The fourth-order valence-electron chi connectivity index (χ4n) is 2.52. The van der Waals surface area contributed by atoms with E-state index >= 15 is 0 Å². The van der Waals surface area contributed by atoms with Crippen LogP contribution in [0.1, 0.15) is 38.2 Å². The second kappa shape index (κ2) is 6.75. The highest BCUT2D eigenvalue weighted by atomic mass is 32.2. The van der Waals surface area contributed by atoms with Crippen molar-refractivity contribution >= 4 is 27.4 Å². The predicted octanol–water partition coefficient (Wildman–Crippen LogP) is 2.73. The normalized spacial score (nSPS) is 22.6. The second-order valence-corrected chi connectivity index (χ2v) is 7.94. The number of hydrogen-bond acceptors (Lipinski definition) is 3. The van der Waals surface area contributed by atoms with Gasteiger partial charge in [0.05, 0.1) is 4.90 Å². The Labute approximate surface area is 132 Å². The minimum absolute atomic E-state index is 0.190. The molecule has 116 valence electrons. The van der Waals surface area contributed by atoms with Gasteiger partial charge < -0.3 is 5.32 Å². The molecule has 0 aromatic heterocycles. The standard InChI is InChI=1S/C15H22N2O2S2/c1-11-3-7-13(8-4-11)16-15(20)17-21(18,19)14-9-5-12(2)6-10-14/h5-6,9-11,13H,3-4,7-8H2,1-2H3,(H2,16,17,20). The monoisotopic (exact) mass is 326 g/mol. The minimum Gasteiger partial charge on any atom is -0.359 e. The molecule has 0 amide bonds. The van der Waals surface area contributed by atoms with E-state index in [4.69, 9.17) is 12.2 Å². The summed E-state index contributed by atoms with van der Waals surface area (Å²) >= 11 is 5.14. The smallest absolute Gasteiger partial charge is 0.263 e. The Bertz CT molecular complexity index is 589. The van der Waals surface area contributed by atoms with Crippen molar-refractivity contribution in [2.24, 2.45) is 5.92 Å². The molecule has 0 saturated heterocycles. The molecule has 1 fully saturated rings. The molecule has 6 heteroatoms. The maximum atomic E-state index is 12.2. The lowest BCUT2D eigenvalue weighted by atomic mass is 9.87. The lowest BCUT2D eigenvalue weighted by Crippen LogP contribution is -2.45. The third-order valence-electron chi connectivity index (χ3n) is 3.91. The van der Waals surface area contributed by atoms with Crippen LogP contribution in [0.5, 0.6) is 0 Å². The second-order valence-electron chi connectivity index (χ2n) is 5.85. The zero-order valence-corrected chi connectivity index (χ0v) is 14.1. The molecule has 1 aliphatic carbocycles. The molecule has 1 saturated carbocycles. The molecule has 0 unspecified atom stereocenters. The quantitative estimate of drug-likeness (QED) is 0.839. The number of sulfonamides is 1. The molecule has 4 nitrogen and oxygen atoms in total. The van der Waals surface area contributed by atoms with Crippen LogP contribution in [0.3, 0.4) is 0 Å². The molecule has 2 rings (SSSR count). The van der Waals surface area contributed by atoms with Crippen molar-refractivity contribution in [2.45, 2.75) is 50.5 Å². The van der Waals surface area contributed by atoms with Gasteiger partial charge in [-0.3, -0.25) is 4.72 Å². The molecule has 1 aliphatic rings. The number of thiocarbonyl (C=S) groups is 1. The molecule has 0 radical (unpaired) electrons. The average molecular weight is 326 g/mol. The van der Waals surface area contributed by atoms with Crippen LogP contribution < -0.4 is 10.0 Å². The summed E-state index contributed by atoms with van der Waals surface area (Å²) in [7, 11) is -3.59. The van der Waals surface area contributed by atoms with Gasteiger partial charge in [-0.15, -0.1) is 0 Å². The van der Waals surface area contributed by atoms with Gasteiger partial charge in [0.15, 0.2) is 5.11 Å². The average Bonchev–Trinajstić information content (AvgIpc) is 2.41. The van der Waals surface area contributed by atoms with Crippen molar-refractivity contribution in [1.82, 2.24) is 10.0 Å². The molecule has 2 N–H and O–H groups in total. The van der Waals surface area contributed by atoms with Gasteiger partial charge in [0.2, 0.25) is 0 Å². The third kappa shape index (κ3) is 4.68. The van der Waals surface area contributed by atoms with Crippen molar-refractivity contribution in [2.75, 3.05) is 0 Å². The molecule has 1 aromatic carbocycles. The Balaban J connectivity index is 1.93. The zero-order chi connectivity index (χ0) is 15.5. The van der Waals surface area contributed by atoms with E-state index in [9.17, 15) is 8.42 Å². The summed E-state index contributed by atoms with van der Waals surface area (Å²) in [6.07, 6.45) is 4.39. The van der Waals surface area contributed by atoms with Crippen molar-refractivity contribution in [1.29, 1.82) is 0 Å². The summed E-state index contributed by atoms with van der Waals surface area (Å²) in [6.45, 7) is 4.16. The van der Waals surface area contributed by atoms with Gasteiger partial charge in [-0.25, -0.2) is 8.42 Å². The summed E-state index contributed by atoms with van der Waals surface area (Å²) in [5, 5.41) is 3.31. The first-order chi connectivity index (χ1) is 9.87. The number of aryl methyl sites for hydroxylation is 1. The van der Waals surface area contributed by atoms with E-state index in [1.807, 2.05) is 6.92 Å². The van der Waals surface area contributed by atoms with Gasteiger partial charge in [0, 0.05) is 6.04 Å². The van der Waals surface area contributed by atoms with Gasteiger partial charge >= 0.3 is 0 Å². The van der Waals surface area contributed by atoms with Gasteiger partial charge in [0.1, 0.15) is 0 Å². The van der Waals surface area contributed by atoms with Crippen LogP contribution in [0.4, 0.5) is 0 Å². The van der Waals surface area contributed by atoms with E-state index in [2.05, 4.69) is 17.0 Å². The van der Waals surface area contributed by atoms with Crippen LogP contribution in [-0.2, 0) is 10.0 Å². The van der Waals surface area contributed by atoms with E-state index in [-0.39, 0.29) is 16.0 Å². The molecule has 0 aliphatic heterocycles. The number of nitrogens with one attached hydrogen (secondary N) is 2. The molecule has 0 spiro atoms. The number of benzene rings is 1. The Morgan fingerprint density at radius 1 is 1.14 bits per heavy atom. The first kappa shape index (κ1) is 16.2. The van der Waals surface area contributed by atoms with Crippen molar-refractivity contribution in [3.05, 3.63) is 29.8 Å². The summed E-state index contributed by atoms with van der Waals surface area (Å²) in [4.78, 5) is 0.231. The number of rotatable bonds is 3. The van der Waals surface area contributed by atoms with Crippen LogP contribution >= 0.6 is 12.2 Å². The highest BCUT2D eigenvalue weighted by molar-refractivity contribution is 7.91. The fourth-order valence-corrected chi connectivity index (χ4v) is 3.93. The van der Waals surface area contributed by atoms with Crippen LogP contribution in [-0.4, -0.2) is 19.6 Å². The van der Waals surface area contributed by atoms with E-state index in [1.165, 1.54) is 0 Å². The van der Waals surface area contributed by atoms with E-state index in [1.54, 1.807) is 24.3 Å². The van der Waals surface area contributed by atoms with E-state index in [0.29, 0.717) is 0 Å². The molecule has 0 atom stereocenters. The summed E-state index contributed by atoms with van der Waals surface area (Å²) < 4.78 is 26.9. The molecular weight excluding hydrogens is 304 g/mol. The first-order valence-corrected chi connectivity index (χ1v) is 9.16. The molecular formula is C15H22N2O2S2. The molecule has 21 heavy (non-hydrogen) atoms. The lowest BCUT2D eigenvalue weighted by Gasteiger charge is -2.27. The Kier molecular flexibility index (Phi) is 5.22. The Hall–Kier alpha value is -1.14. The van der Waals surface area contributed by atoms with E-state index in [0.717, 1.165) is 37.2 Å². The summed E-state index contributed by atoms with van der Waals surface area (Å²) in [5.74, 6) is 0.751. The molecule has 0 heterocycles. The summed E-state index contributed by atoms with van der Waals surface area (Å²) in [5.41, 5.74) is 1.02. The van der Waals surface area contributed by atoms with Gasteiger partial charge in [-0.2, -0.15) is 0 Å². The first-order valence-electron chi connectivity index (χ1n) is 7.27. The number of hydrogen-bond donors (Lipinski definition) is 2. The Morgan fingerprint density at radius 2 is 1.71 bits per heavy atom. The van der Waals surface area contributed by atoms with Crippen molar-refractivity contribution in [3.8, 4) is 0 Å². The highest BCUT2D eigenvalue weighted by Gasteiger charge is 2.21. The zero-order valence-electron chi connectivity index (χ0n) is 12.4. The highest BCUT2D eigenvalue weighted by Crippen LogP contribution is 2.23. The van der Waals surface area contributed by atoms with Gasteiger partial charge in [-0.05, 0) is 62.9 Å². The molecule has 1 aromatic rings. The topological polar surface area (TPSA) is 58.2 Å². The SMILES string of the molecule is Cc1ccc(S(=O)(=O)NC(=S)NC2CCC(C)CC2)cc1. The Morgan fingerprint density at radius 3 is 2.29 bits per heavy atom. The molecule has 0 bridgehead atoms. The fraction of sp³-hybridized carbons (Fsp3) is 0.533. The lowest BCUT2D eigenvalue weighted by molar-refractivity contribution is 0.331. The van der Waals surface area contributed by atoms with Crippen molar-refractivity contribution in [3.63, 3.8) is 0 Å². The van der Waals surface area contributed by atoms with Crippen LogP contribution in [0, 0.1) is 12.8 Å². The van der Waals surface area contributed by atoms with Gasteiger partial charge in [0.25, 0.3) is 10.0 Å². The third-order valence-corrected chi connectivity index (χ3v) is 5.62. The maximum absolute atomic E-state index is 12.2. The predicted molar refractivity (Wildman–Crippen MR) is 88.7 cm³/mol. The van der Waals surface area contributed by atoms with Gasteiger partial charge in [-0.1, -0.05) is 24.6 Å². The summed E-state index contributed by atoms with van der Waals surface area (Å²) in [6, 6.07) is 6.99. The van der Waals surface area contributed by atoms with Crippen LogP contribution in [0.2, 0.25) is 0 Å².